The molecule has 3 heterocycles. The topological polar surface area (TPSA) is 107 Å². The molecule has 0 saturated carbocycles. The zero-order valence-corrected chi connectivity index (χ0v) is 18.5. The second kappa shape index (κ2) is 8.84. The molecule has 1 atom stereocenters. The lowest BCUT2D eigenvalue weighted by molar-refractivity contribution is 0.259. The van der Waals surface area contributed by atoms with Crippen LogP contribution in [0.15, 0.2) is 73.3 Å². The van der Waals surface area contributed by atoms with Crippen molar-refractivity contribution < 1.29 is 4.74 Å². The Hall–Kier alpha value is -4.04. The molecule has 5 N–H and O–H groups in total. The van der Waals surface area contributed by atoms with E-state index >= 15 is 0 Å². The van der Waals surface area contributed by atoms with Gasteiger partial charge in [-0.15, -0.1) is 0 Å². The number of hydrogen-bond donors (Lipinski definition) is 3. The zero-order chi connectivity index (χ0) is 22.8. The molecule has 8 heteroatoms. The SMILES string of the molecule is CN(c1ccccc1)c1ccc2c(c1)OCCC2Cn1cnc(-c2cc(NN)c(N)cn2)c1. The lowest BCUT2D eigenvalue weighted by Gasteiger charge is -2.28. The Morgan fingerprint density at radius 3 is 2.76 bits per heavy atom. The van der Waals surface area contributed by atoms with Gasteiger partial charge in [0.05, 0.1) is 36.2 Å². The Balaban J connectivity index is 1.35. The van der Waals surface area contributed by atoms with Crippen LogP contribution in [0.5, 0.6) is 5.75 Å². The first-order valence-electron chi connectivity index (χ1n) is 10.9. The van der Waals surface area contributed by atoms with E-state index in [1.807, 2.05) is 30.7 Å². The summed E-state index contributed by atoms with van der Waals surface area (Å²) in [5, 5.41) is 0. The van der Waals surface area contributed by atoms with E-state index in [-0.39, 0.29) is 0 Å². The maximum atomic E-state index is 6.04. The van der Waals surface area contributed by atoms with Crippen molar-refractivity contribution in [2.75, 3.05) is 29.7 Å². The van der Waals surface area contributed by atoms with Gasteiger partial charge in [-0.05, 0) is 36.2 Å². The minimum absolute atomic E-state index is 0.340. The van der Waals surface area contributed by atoms with Gasteiger partial charge in [0.1, 0.15) is 11.4 Å². The van der Waals surface area contributed by atoms with Crippen LogP contribution < -0.4 is 26.6 Å². The molecule has 1 aliphatic heterocycles. The molecule has 0 spiro atoms. The third-order valence-corrected chi connectivity index (χ3v) is 6.11. The molecule has 0 amide bonds. The number of nitrogens with two attached hydrogens (primary N) is 2. The predicted octanol–water partition coefficient (Wildman–Crippen LogP) is 4.15. The molecular formula is C25H27N7O. The lowest BCUT2D eigenvalue weighted by Crippen LogP contribution is -2.19. The number of para-hydroxylation sites is 1. The van der Waals surface area contributed by atoms with Gasteiger partial charge in [0, 0.05) is 43.1 Å². The van der Waals surface area contributed by atoms with Crippen LogP contribution >= 0.6 is 0 Å². The van der Waals surface area contributed by atoms with Crippen LogP contribution in [0, 0.1) is 0 Å². The highest BCUT2D eigenvalue weighted by molar-refractivity contribution is 5.70. The fourth-order valence-electron chi connectivity index (χ4n) is 4.23. The van der Waals surface area contributed by atoms with E-state index in [1.54, 1.807) is 12.3 Å². The summed E-state index contributed by atoms with van der Waals surface area (Å²) in [6.45, 7) is 1.51. The van der Waals surface area contributed by atoms with Crippen LogP contribution in [-0.4, -0.2) is 28.2 Å². The standard InChI is InChI=1S/C25H27N7O/c1-31(18-5-3-2-4-6-18)19-7-8-20-17(9-10-33-25(20)11-19)14-32-15-24(29-16-32)23-12-22(30-27)21(26)13-28-23/h2-8,11-13,15-17H,9-10,14,26-27H2,1H3,(H,28,30). The molecule has 1 aliphatic rings. The first-order valence-corrected chi connectivity index (χ1v) is 10.9. The van der Waals surface area contributed by atoms with Crippen molar-refractivity contribution in [3.8, 4) is 17.1 Å². The molecule has 0 radical (unpaired) electrons. The van der Waals surface area contributed by atoms with Crippen molar-refractivity contribution in [2.24, 2.45) is 5.84 Å². The fourth-order valence-corrected chi connectivity index (χ4v) is 4.23. The van der Waals surface area contributed by atoms with Crippen molar-refractivity contribution in [2.45, 2.75) is 18.9 Å². The highest BCUT2D eigenvalue weighted by atomic mass is 16.5. The number of hydrogen-bond acceptors (Lipinski definition) is 7. The van der Waals surface area contributed by atoms with Crippen LogP contribution in [0.25, 0.3) is 11.4 Å². The number of hydrazine groups is 1. The summed E-state index contributed by atoms with van der Waals surface area (Å²) in [5.41, 5.74) is 14.5. The van der Waals surface area contributed by atoms with Crippen molar-refractivity contribution in [3.63, 3.8) is 0 Å². The molecular weight excluding hydrogens is 414 g/mol. The van der Waals surface area contributed by atoms with Crippen LogP contribution in [-0.2, 0) is 6.54 Å². The second-order valence-corrected chi connectivity index (χ2v) is 8.21. The van der Waals surface area contributed by atoms with Crippen LogP contribution in [0.2, 0.25) is 0 Å². The lowest BCUT2D eigenvalue weighted by atomic mass is 9.92. The fraction of sp³-hybridized carbons (Fsp3) is 0.200. The smallest absolute Gasteiger partial charge is 0.124 e. The highest BCUT2D eigenvalue weighted by Gasteiger charge is 2.23. The number of aromatic nitrogens is 3. The van der Waals surface area contributed by atoms with E-state index in [0.29, 0.717) is 23.9 Å². The van der Waals surface area contributed by atoms with Crippen molar-refractivity contribution in [1.29, 1.82) is 0 Å². The molecule has 4 aromatic rings. The van der Waals surface area contributed by atoms with Gasteiger partial charge in [0.2, 0.25) is 0 Å². The van der Waals surface area contributed by atoms with E-state index < -0.39 is 0 Å². The van der Waals surface area contributed by atoms with Gasteiger partial charge >= 0.3 is 0 Å². The Bertz CT molecular complexity index is 1250. The van der Waals surface area contributed by atoms with Crippen molar-refractivity contribution >= 4 is 22.7 Å². The normalized spacial score (nSPS) is 14.9. The number of nitrogens with zero attached hydrogens (tertiary/aromatic N) is 4. The molecule has 5 rings (SSSR count). The number of benzene rings is 2. The number of ether oxygens (including phenoxy) is 1. The van der Waals surface area contributed by atoms with E-state index in [9.17, 15) is 0 Å². The van der Waals surface area contributed by atoms with Crippen LogP contribution in [0.3, 0.4) is 0 Å². The summed E-state index contributed by atoms with van der Waals surface area (Å²) in [7, 11) is 2.07. The average molecular weight is 442 g/mol. The predicted molar refractivity (Wildman–Crippen MR) is 131 cm³/mol. The van der Waals surface area contributed by atoms with Crippen LogP contribution in [0.4, 0.5) is 22.7 Å². The van der Waals surface area contributed by atoms with Gasteiger partial charge in [0.25, 0.3) is 0 Å². The number of rotatable bonds is 6. The molecule has 0 aliphatic carbocycles. The summed E-state index contributed by atoms with van der Waals surface area (Å²) in [6, 6.07) is 18.6. The van der Waals surface area contributed by atoms with Gasteiger partial charge < -0.3 is 25.4 Å². The first-order chi connectivity index (χ1) is 16.1. The Kier molecular flexibility index (Phi) is 5.58. The molecule has 8 nitrogen and oxygen atoms in total. The van der Waals surface area contributed by atoms with Crippen LogP contribution in [0.1, 0.15) is 17.9 Å². The summed E-state index contributed by atoms with van der Waals surface area (Å²) in [4.78, 5) is 11.1. The third kappa shape index (κ3) is 4.20. The molecule has 0 fully saturated rings. The van der Waals surface area contributed by atoms with Gasteiger partial charge in [-0.1, -0.05) is 24.3 Å². The number of pyridine rings is 1. The summed E-state index contributed by atoms with van der Waals surface area (Å²) in [5.74, 6) is 6.83. The Morgan fingerprint density at radius 1 is 1.09 bits per heavy atom. The molecule has 0 bridgehead atoms. The van der Waals surface area contributed by atoms with Crippen molar-refractivity contribution in [3.05, 3.63) is 78.9 Å². The minimum atomic E-state index is 0.340. The third-order valence-electron chi connectivity index (χ3n) is 6.11. The maximum absolute atomic E-state index is 6.04. The second-order valence-electron chi connectivity index (χ2n) is 8.21. The van der Waals surface area contributed by atoms with Crippen molar-refractivity contribution in [1.82, 2.24) is 14.5 Å². The molecule has 0 saturated heterocycles. The van der Waals surface area contributed by atoms with E-state index in [0.717, 1.165) is 41.5 Å². The number of nitrogen functional groups attached to an aromatic ring is 2. The molecule has 2 aromatic heterocycles. The highest BCUT2D eigenvalue weighted by Crippen LogP contribution is 2.38. The number of nitrogens with one attached hydrogen (secondary N) is 1. The summed E-state index contributed by atoms with van der Waals surface area (Å²) >= 11 is 0. The van der Waals surface area contributed by atoms with Gasteiger partial charge in [-0.25, -0.2) is 4.98 Å². The molecule has 33 heavy (non-hydrogen) atoms. The first kappa shape index (κ1) is 20.8. The number of fused-ring (bicyclic) bond motifs is 1. The summed E-state index contributed by atoms with van der Waals surface area (Å²) in [6.07, 6.45) is 6.39. The van der Waals surface area contributed by atoms with E-state index in [2.05, 4.69) is 62.2 Å². The molecule has 1 unspecified atom stereocenters. The number of anilines is 4. The maximum Gasteiger partial charge on any atom is 0.124 e. The van der Waals surface area contributed by atoms with Gasteiger partial charge in [-0.3, -0.25) is 10.8 Å². The van der Waals surface area contributed by atoms with Gasteiger partial charge in [0.15, 0.2) is 0 Å². The van der Waals surface area contributed by atoms with E-state index in [1.165, 1.54) is 5.56 Å². The Morgan fingerprint density at radius 2 is 1.94 bits per heavy atom. The largest absolute Gasteiger partial charge is 0.493 e. The molecule has 168 valence electrons. The quantitative estimate of drug-likeness (QED) is 0.305. The van der Waals surface area contributed by atoms with Gasteiger partial charge in [-0.2, -0.15) is 0 Å². The Labute approximate surface area is 192 Å². The van der Waals surface area contributed by atoms with E-state index in [4.69, 9.17) is 16.3 Å². The number of imidazole rings is 1. The minimum Gasteiger partial charge on any atom is -0.493 e. The molecule has 2 aromatic carbocycles. The summed E-state index contributed by atoms with van der Waals surface area (Å²) < 4.78 is 8.14. The monoisotopic (exact) mass is 441 g/mol. The average Bonchev–Trinajstić information content (AvgIpc) is 3.33. The zero-order valence-electron chi connectivity index (χ0n) is 18.5.